The highest BCUT2D eigenvalue weighted by atomic mass is 19.1. The van der Waals surface area contributed by atoms with Crippen LogP contribution < -0.4 is 4.74 Å². The zero-order chi connectivity index (χ0) is 23.8. The molecule has 0 aliphatic rings. The van der Waals surface area contributed by atoms with Gasteiger partial charge in [-0.1, -0.05) is 6.07 Å². The van der Waals surface area contributed by atoms with E-state index in [1.807, 2.05) is 11.8 Å². The second-order valence-electron chi connectivity index (χ2n) is 7.65. The van der Waals surface area contributed by atoms with Gasteiger partial charge < -0.3 is 19.3 Å². The molecule has 0 aliphatic carbocycles. The first-order valence-corrected chi connectivity index (χ1v) is 10.6. The summed E-state index contributed by atoms with van der Waals surface area (Å²) in [6, 6.07) is 11.7. The molecule has 3 aromatic rings. The number of nitrogens with zero attached hydrogens (tertiary/aromatic N) is 3. The van der Waals surface area contributed by atoms with E-state index < -0.39 is 11.9 Å². The molecule has 0 saturated carbocycles. The number of hydrogen-bond acceptors (Lipinski definition) is 6. The van der Waals surface area contributed by atoms with E-state index in [-0.39, 0.29) is 12.4 Å². The fourth-order valence-electron chi connectivity index (χ4n) is 3.45. The van der Waals surface area contributed by atoms with Gasteiger partial charge in [0.2, 0.25) is 5.88 Å². The molecule has 0 radical (unpaired) electrons. The zero-order valence-electron chi connectivity index (χ0n) is 19.0. The summed E-state index contributed by atoms with van der Waals surface area (Å²) in [6.07, 6.45) is -0.688. The normalized spacial score (nSPS) is 12.3. The smallest absolute Gasteiger partial charge is 0.227 e. The number of hydrogen-bond donors (Lipinski definition) is 1. The van der Waals surface area contributed by atoms with Gasteiger partial charge in [0.05, 0.1) is 36.3 Å². The first kappa shape index (κ1) is 24.8. The number of rotatable bonds is 12. The lowest BCUT2D eigenvalue weighted by molar-refractivity contribution is 0.0291. The summed E-state index contributed by atoms with van der Waals surface area (Å²) in [5.41, 5.74) is 2.04. The maximum Gasteiger partial charge on any atom is 0.227 e. The third-order valence-electron chi connectivity index (χ3n) is 5.04. The summed E-state index contributed by atoms with van der Waals surface area (Å²) in [4.78, 5) is 2.00. The minimum Gasteiger partial charge on any atom is -0.438 e. The molecule has 1 heterocycles. The molecule has 33 heavy (non-hydrogen) atoms. The molecule has 9 heteroatoms. The quantitative estimate of drug-likeness (QED) is 0.444. The Morgan fingerprint density at radius 1 is 1.06 bits per heavy atom. The second kappa shape index (κ2) is 11.9. The number of aromatic nitrogens is 2. The van der Waals surface area contributed by atoms with Gasteiger partial charge in [-0.15, -0.1) is 0 Å². The van der Waals surface area contributed by atoms with Gasteiger partial charge in [-0.2, -0.15) is 5.10 Å². The average molecular weight is 462 g/mol. The fraction of sp³-hybridized carbons (Fsp3) is 0.375. The van der Waals surface area contributed by atoms with Gasteiger partial charge in [0.15, 0.2) is 0 Å². The highest BCUT2D eigenvalue weighted by molar-refractivity contribution is 5.43. The van der Waals surface area contributed by atoms with Crippen molar-refractivity contribution in [2.24, 2.45) is 0 Å². The molecule has 7 nitrogen and oxygen atoms in total. The van der Waals surface area contributed by atoms with Gasteiger partial charge in [0.25, 0.3) is 0 Å². The van der Waals surface area contributed by atoms with Gasteiger partial charge in [0, 0.05) is 39.9 Å². The molecule has 0 aliphatic heterocycles. The molecule has 2 aromatic carbocycles. The van der Waals surface area contributed by atoms with Crippen LogP contribution in [0.2, 0.25) is 0 Å². The molecule has 0 spiro atoms. The largest absolute Gasteiger partial charge is 0.438 e. The lowest BCUT2D eigenvalue weighted by atomic mass is 10.2. The summed E-state index contributed by atoms with van der Waals surface area (Å²) >= 11 is 0. The van der Waals surface area contributed by atoms with Crippen LogP contribution in [0.4, 0.5) is 8.78 Å². The minimum atomic E-state index is -0.688. The first-order valence-electron chi connectivity index (χ1n) is 10.6. The van der Waals surface area contributed by atoms with E-state index in [0.717, 1.165) is 5.56 Å². The summed E-state index contributed by atoms with van der Waals surface area (Å²) in [5.74, 6) is -0.105. The monoisotopic (exact) mass is 461 g/mol. The molecular weight excluding hydrogens is 432 g/mol. The van der Waals surface area contributed by atoms with Crippen LogP contribution in [0.1, 0.15) is 11.3 Å². The third kappa shape index (κ3) is 6.82. The van der Waals surface area contributed by atoms with E-state index >= 15 is 0 Å². The van der Waals surface area contributed by atoms with Crippen LogP contribution in [0.25, 0.3) is 5.69 Å². The zero-order valence-corrected chi connectivity index (χ0v) is 19.0. The van der Waals surface area contributed by atoms with Gasteiger partial charge >= 0.3 is 0 Å². The van der Waals surface area contributed by atoms with Crippen LogP contribution in [-0.2, 0) is 16.0 Å². The lowest BCUT2D eigenvalue weighted by Crippen LogP contribution is -2.36. The van der Waals surface area contributed by atoms with Gasteiger partial charge in [-0.3, -0.25) is 4.90 Å². The summed E-state index contributed by atoms with van der Waals surface area (Å²) in [5, 5.41) is 14.9. The maximum absolute atomic E-state index is 13.8. The third-order valence-corrected chi connectivity index (χ3v) is 5.04. The predicted molar refractivity (Wildman–Crippen MR) is 120 cm³/mol. The molecule has 0 unspecified atom stereocenters. The van der Waals surface area contributed by atoms with Gasteiger partial charge in [-0.05, 0) is 43.3 Å². The fourth-order valence-corrected chi connectivity index (χ4v) is 3.45. The Morgan fingerprint density at radius 3 is 2.48 bits per heavy atom. The molecule has 0 saturated heterocycles. The van der Waals surface area contributed by atoms with Crippen molar-refractivity contribution in [3.63, 3.8) is 0 Å². The van der Waals surface area contributed by atoms with E-state index in [1.54, 1.807) is 36.1 Å². The Morgan fingerprint density at radius 2 is 1.82 bits per heavy atom. The molecule has 178 valence electrons. The summed E-state index contributed by atoms with van der Waals surface area (Å²) < 4.78 is 45.2. The minimum absolute atomic E-state index is 0.198. The summed E-state index contributed by atoms with van der Waals surface area (Å²) in [6.45, 7) is 3.79. The average Bonchev–Trinajstić information content (AvgIpc) is 3.08. The van der Waals surface area contributed by atoms with E-state index in [1.165, 1.54) is 31.4 Å². The van der Waals surface area contributed by atoms with Crippen molar-refractivity contribution >= 4 is 0 Å². The van der Waals surface area contributed by atoms with Crippen molar-refractivity contribution in [2.45, 2.75) is 19.6 Å². The first-order chi connectivity index (χ1) is 15.9. The van der Waals surface area contributed by atoms with Gasteiger partial charge in [0.1, 0.15) is 17.4 Å². The number of halogens is 2. The number of aryl methyl sites for hydroxylation is 1. The van der Waals surface area contributed by atoms with Crippen molar-refractivity contribution in [1.82, 2.24) is 14.7 Å². The van der Waals surface area contributed by atoms with Gasteiger partial charge in [-0.25, -0.2) is 13.5 Å². The second-order valence-corrected chi connectivity index (χ2v) is 7.65. The standard InChI is InChI=1S/C24H29F2N3O4/c1-17-23(15-28(11-12-31-2)14-21(30)16-32-3)24(33-22-6-4-5-19(26)13-22)29(27-17)20-9-7-18(25)8-10-20/h4-10,13,21,30H,11-12,14-16H2,1-3H3/t21-/m1/s1. The summed E-state index contributed by atoms with van der Waals surface area (Å²) in [7, 11) is 3.14. The van der Waals surface area contributed by atoms with E-state index in [0.29, 0.717) is 49.3 Å². The molecule has 0 fully saturated rings. The van der Waals surface area contributed by atoms with Crippen LogP contribution in [0.5, 0.6) is 11.6 Å². The Hall–Kier alpha value is -2.85. The van der Waals surface area contributed by atoms with Crippen LogP contribution in [0.15, 0.2) is 48.5 Å². The number of aliphatic hydroxyl groups is 1. The molecule has 1 aromatic heterocycles. The predicted octanol–water partition coefficient (Wildman–Crippen LogP) is 3.71. The Bertz CT molecular complexity index is 1030. The SMILES string of the molecule is COCCN(Cc1c(C)nn(-c2ccc(F)cc2)c1Oc1cccc(F)c1)C[C@@H](O)COC. The Kier molecular flexibility index (Phi) is 8.90. The van der Waals surface area contributed by atoms with Crippen molar-refractivity contribution in [2.75, 3.05) is 40.5 Å². The molecule has 0 bridgehead atoms. The number of benzene rings is 2. The van der Waals surface area contributed by atoms with E-state index in [2.05, 4.69) is 5.10 Å². The Labute approximate surface area is 192 Å². The van der Waals surface area contributed by atoms with Crippen LogP contribution in [0, 0.1) is 18.6 Å². The molecule has 0 amide bonds. The molecule has 3 rings (SSSR count). The van der Waals surface area contributed by atoms with E-state index in [9.17, 15) is 13.9 Å². The highest BCUT2D eigenvalue weighted by Crippen LogP contribution is 2.32. The maximum atomic E-state index is 13.8. The number of aliphatic hydroxyl groups excluding tert-OH is 1. The Balaban J connectivity index is 2.00. The number of methoxy groups -OCH3 is 2. The van der Waals surface area contributed by atoms with Crippen molar-refractivity contribution < 1.29 is 28.1 Å². The highest BCUT2D eigenvalue weighted by Gasteiger charge is 2.23. The van der Waals surface area contributed by atoms with Crippen LogP contribution in [0.3, 0.4) is 0 Å². The van der Waals surface area contributed by atoms with Crippen molar-refractivity contribution in [3.8, 4) is 17.3 Å². The lowest BCUT2D eigenvalue weighted by Gasteiger charge is -2.25. The van der Waals surface area contributed by atoms with Crippen molar-refractivity contribution in [1.29, 1.82) is 0 Å². The van der Waals surface area contributed by atoms with Crippen molar-refractivity contribution in [3.05, 3.63) is 71.4 Å². The topological polar surface area (TPSA) is 69.0 Å². The number of ether oxygens (including phenoxy) is 3. The molecule has 1 atom stereocenters. The van der Waals surface area contributed by atoms with E-state index in [4.69, 9.17) is 14.2 Å². The van der Waals surface area contributed by atoms with Crippen LogP contribution in [-0.4, -0.2) is 66.4 Å². The molecule has 1 N–H and O–H groups in total. The van der Waals surface area contributed by atoms with Crippen LogP contribution >= 0.6 is 0 Å². The molecular formula is C24H29F2N3O4.